The molecule has 0 aliphatic carbocycles. The van der Waals surface area contributed by atoms with Gasteiger partial charge in [0.1, 0.15) is 5.82 Å². The number of nitrogens with zero attached hydrogens (tertiary/aromatic N) is 3. The molecule has 1 saturated heterocycles. The number of hydrogen-bond acceptors (Lipinski definition) is 4. The van der Waals surface area contributed by atoms with E-state index in [9.17, 15) is 0 Å². The third kappa shape index (κ3) is 3.16. The summed E-state index contributed by atoms with van der Waals surface area (Å²) in [6, 6.07) is 0.545. The molecule has 0 amide bonds. The fourth-order valence-corrected chi connectivity index (χ4v) is 2.53. The van der Waals surface area contributed by atoms with Crippen LogP contribution in [0.15, 0.2) is 18.6 Å². The van der Waals surface area contributed by atoms with Gasteiger partial charge in [0.15, 0.2) is 0 Å². The Morgan fingerprint density at radius 1 is 1.29 bits per heavy atom. The normalized spacial score (nSPS) is 19.6. The molecule has 1 aromatic heterocycles. The Balaban J connectivity index is 1.94. The van der Waals surface area contributed by atoms with Crippen LogP contribution in [-0.4, -0.2) is 34.6 Å². The maximum atomic E-state index is 4.35. The minimum atomic E-state index is 0.271. The van der Waals surface area contributed by atoms with E-state index >= 15 is 0 Å². The number of anilines is 1. The summed E-state index contributed by atoms with van der Waals surface area (Å²) in [7, 11) is 0. The van der Waals surface area contributed by atoms with Crippen molar-refractivity contribution < 1.29 is 0 Å². The molecule has 0 atom stereocenters. The van der Waals surface area contributed by atoms with E-state index in [0.717, 1.165) is 31.7 Å². The molecule has 17 heavy (non-hydrogen) atoms. The van der Waals surface area contributed by atoms with Gasteiger partial charge in [0, 0.05) is 37.1 Å². The van der Waals surface area contributed by atoms with Crippen LogP contribution in [-0.2, 0) is 0 Å². The number of piperidine rings is 1. The first-order valence-electron chi connectivity index (χ1n) is 6.38. The predicted molar refractivity (Wildman–Crippen MR) is 70.2 cm³/mol. The average molecular weight is 234 g/mol. The van der Waals surface area contributed by atoms with Crippen molar-refractivity contribution in [3.63, 3.8) is 0 Å². The number of nitrogens with one attached hydrogen (secondary N) is 1. The standard InChI is InChI=1S/C13H22N4/c1-11(2)16-13(3)4-8-17(9-5-13)12-10-14-6-7-15-12/h6-7,10-11,16H,4-5,8-9H2,1-3H3. The lowest BCUT2D eigenvalue weighted by atomic mass is 9.89. The van der Waals surface area contributed by atoms with Gasteiger partial charge in [0.05, 0.1) is 6.20 Å². The molecule has 4 heteroatoms. The predicted octanol–water partition coefficient (Wildman–Crippen LogP) is 1.83. The van der Waals surface area contributed by atoms with Gasteiger partial charge in [-0.2, -0.15) is 0 Å². The zero-order valence-electron chi connectivity index (χ0n) is 11.0. The number of aromatic nitrogens is 2. The summed E-state index contributed by atoms with van der Waals surface area (Å²) in [6.45, 7) is 8.84. The molecule has 0 aromatic carbocycles. The van der Waals surface area contributed by atoms with Crippen molar-refractivity contribution in [3.05, 3.63) is 18.6 Å². The molecule has 0 radical (unpaired) electrons. The molecule has 0 saturated carbocycles. The minimum absolute atomic E-state index is 0.271. The van der Waals surface area contributed by atoms with E-state index in [1.165, 1.54) is 0 Å². The molecule has 1 aromatic rings. The molecule has 2 heterocycles. The van der Waals surface area contributed by atoms with Crippen LogP contribution in [0.1, 0.15) is 33.6 Å². The van der Waals surface area contributed by atoms with Crippen molar-refractivity contribution in [3.8, 4) is 0 Å². The average Bonchev–Trinajstić information content (AvgIpc) is 2.29. The van der Waals surface area contributed by atoms with Crippen molar-refractivity contribution in [2.75, 3.05) is 18.0 Å². The van der Waals surface area contributed by atoms with E-state index < -0.39 is 0 Å². The first kappa shape index (κ1) is 12.3. The maximum Gasteiger partial charge on any atom is 0.147 e. The summed E-state index contributed by atoms with van der Waals surface area (Å²) in [5, 5.41) is 3.67. The van der Waals surface area contributed by atoms with Crippen LogP contribution in [0.3, 0.4) is 0 Å². The van der Waals surface area contributed by atoms with Crippen LogP contribution in [0.2, 0.25) is 0 Å². The Bertz CT molecular complexity index is 342. The molecule has 0 unspecified atom stereocenters. The van der Waals surface area contributed by atoms with Gasteiger partial charge in [0.2, 0.25) is 0 Å². The molecule has 2 rings (SSSR count). The van der Waals surface area contributed by atoms with Gasteiger partial charge < -0.3 is 10.2 Å². The quantitative estimate of drug-likeness (QED) is 0.866. The fourth-order valence-electron chi connectivity index (χ4n) is 2.53. The van der Waals surface area contributed by atoms with Crippen molar-refractivity contribution in [1.29, 1.82) is 0 Å². The third-order valence-corrected chi connectivity index (χ3v) is 3.38. The van der Waals surface area contributed by atoms with E-state index in [4.69, 9.17) is 0 Å². The SMILES string of the molecule is CC(C)NC1(C)CCN(c2cnccn2)CC1. The lowest BCUT2D eigenvalue weighted by molar-refractivity contribution is 0.264. The van der Waals surface area contributed by atoms with Crippen LogP contribution in [0.25, 0.3) is 0 Å². The van der Waals surface area contributed by atoms with Crippen LogP contribution in [0.5, 0.6) is 0 Å². The number of hydrogen-bond donors (Lipinski definition) is 1. The molecule has 1 aliphatic rings. The zero-order valence-corrected chi connectivity index (χ0v) is 11.0. The lowest BCUT2D eigenvalue weighted by Crippen LogP contribution is -2.53. The van der Waals surface area contributed by atoms with Gasteiger partial charge in [-0.25, -0.2) is 4.98 Å². The summed E-state index contributed by atoms with van der Waals surface area (Å²) >= 11 is 0. The molecule has 4 nitrogen and oxygen atoms in total. The van der Waals surface area contributed by atoms with Gasteiger partial charge in [-0.1, -0.05) is 13.8 Å². The van der Waals surface area contributed by atoms with Crippen molar-refractivity contribution in [2.24, 2.45) is 0 Å². The van der Waals surface area contributed by atoms with E-state index in [-0.39, 0.29) is 5.54 Å². The molecule has 1 N–H and O–H groups in total. The summed E-state index contributed by atoms with van der Waals surface area (Å²) in [5.41, 5.74) is 0.271. The van der Waals surface area contributed by atoms with Crippen molar-refractivity contribution in [2.45, 2.75) is 45.2 Å². The summed E-state index contributed by atoms with van der Waals surface area (Å²) in [6.07, 6.45) is 7.63. The van der Waals surface area contributed by atoms with Gasteiger partial charge in [0.25, 0.3) is 0 Å². The van der Waals surface area contributed by atoms with Crippen molar-refractivity contribution >= 4 is 5.82 Å². The highest BCUT2D eigenvalue weighted by Crippen LogP contribution is 2.24. The lowest BCUT2D eigenvalue weighted by Gasteiger charge is -2.41. The molecule has 94 valence electrons. The summed E-state index contributed by atoms with van der Waals surface area (Å²) < 4.78 is 0. The Kier molecular flexibility index (Phi) is 3.62. The third-order valence-electron chi connectivity index (χ3n) is 3.38. The monoisotopic (exact) mass is 234 g/mol. The van der Waals surface area contributed by atoms with Crippen LogP contribution >= 0.6 is 0 Å². The van der Waals surface area contributed by atoms with Crippen LogP contribution in [0.4, 0.5) is 5.82 Å². The van der Waals surface area contributed by atoms with Crippen LogP contribution < -0.4 is 10.2 Å². The van der Waals surface area contributed by atoms with Crippen molar-refractivity contribution in [1.82, 2.24) is 15.3 Å². The first-order valence-corrected chi connectivity index (χ1v) is 6.38. The highest BCUT2D eigenvalue weighted by atomic mass is 15.2. The second kappa shape index (κ2) is 5.00. The van der Waals surface area contributed by atoms with E-state index in [1.54, 1.807) is 12.4 Å². The largest absolute Gasteiger partial charge is 0.355 e. The summed E-state index contributed by atoms with van der Waals surface area (Å²) in [5.74, 6) is 0.999. The molecule has 0 spiro atoms. The molecule has 0 bridgehead atoms. The topological polar surface area (TPSA) is 41.0 Å². The van der Waals surface area contributed by atoms with E-state index in [2.05, 4.69) is 41.0 Å². The molecular weight excluding hydrogens is 212 g/mol. The van der Waals surface area contributed by atoms with E-state index in [0.29, 0.717) is 6.04 Å². The fraction of sp³-hybridized carbons (Fsp3) is 0.692. The van der Waals surface area contributed by atoms with Crippen LogP contribution in [0, 0.1) is 0 Å². The molecule has 1 aliphatic heterocycles. The Morgan fingerprint density at radius 2 is 2.00 bits per heavy atom. The summed E-state index contributed by atoms with van der Waals surface area (Å²) in [4.78, 5) is 10.8. The van der Waals surface area contributed by atoms with Gasteiger partial charge in [-0.05, 0) is 19.8 Å². The second-order valence-electron chi connectivity index (χ2n) is 5.41. The smallest absolute Gasteiger partial charge is 0.147 e. The van der Waals surface area contributed by atoms with Gasteiger partial charge in [-0.15, -0.1) is 0 Å². The molecule has 1 fully saturated rings. The zero-order chi connectivity index (χ0) is 12.3. The van der Waals surface area contributed by atoms with E-state index in [1.807, 2.05) is 6.20 Å². The van der Waals surface area contributed by atoms with Gasteiger partial charge in [-0.3, -0.25) is 4.98 Å². The Morgan fingerprint density at radius 3 is 2.53 bits per heavy atom. The first-order chi connectivity index (χ1) is 8.09. The second-order valence-corrected chi connectivity index (χ2v) is 5.41. The Labute approximate surface area is 103 Å². The minimum Gasteiger partial charge on any atom is -0.355 e. The number of rotatable bonds is 3. The molecular formula is C13H22N4. The van der Waals surface area contributed by atoms with Gasteiger partial charge >= 0.3 is 0 Å². The Hall–Kier alpha value is -1.16. The highest BCUT2D eigenvalue weighted by Gasteiger charge is 2.30. The maximum absolute atomic E-state index is 4.35. The highest BCUT2D eigenvalue weighted by molar-refractivity contribution is 5.36.